The van der Waals surface area contributed by atoms with Crippen LogP contribution in [0.1, 0.15) is 34.5 Å². The lowest BCUT2D eigenvalue weighted by atomic mass is 9.97. The number of methoxy groups -OCH3 is 1. The van der Waals surface area contributed by atoms with Crippen molar-refractivity contribution in [3.8, 4) is 5.75 Å². The van der Waals surface area contributed by atoms with Crippen LogP contribution in [0.2, 0.25) is 0 Å². The van der Waals surface area contributed by atoms with Crippen LogP contribution in [-0.4, -0.2) is 34.6 Å². The van der Waals surface area contributed by atoms with E-state index in [4.69, 9.17) is 4.74 Å². The minimum Gasteiger partial charge on any atom is -0.496 e. The van der Waals surface area contributed by atoms with Crippen LogP contribution in [-0.2, 0) is 17.6 Å². The second-order valence-corrected chi connectivity index (χ2v) is 6.96. The van der Waals surface area contributed by atoms with E-state index < -0.39 is 11.8 Å². The van der Waals surface area contributed by atoms with Crippen LogP contribution in [0.4, 0.5) is 0 Å². The van der Waals surface area contributed by atoms with E-state index in [0.29, 0.717) is 16.5 Å². The van der Waals surface area contributed by atoms with Gasteiger partial charge in [-0.2, -0.15) is 0 Å². The Balaban J connectivity index is 1.54. The average Bonchev–Trinajstić information content (AvgIpc) is 2.70. The number of aromatic amines is 1. The molecule has 0 unspecified atom stereocenters. The van der Waals surface area contributed by atoms with Crippen molar-refractivity contribution in [3.63, 3.8) is 0 Å². The second-order valence-electron chi connectivity index (χ2n) is 5.99. The van der Waals surface area contributed by atoms with Crippen molar-refractivity contribution in [2.24, 2.45) is 0 Å². The van der Waals surface area contributed by atoms with Crippen molar-refractivity contribution in [1.82, 2.24) is 20.8 Å². The number of nitrogens with zero attached hydrogens (tertiary/aromatic N) is 1. The third-order valence-corrected chi connectivity index (χ3v) is 5.05. The summed E-state index contributed by atoms with van der Waals surface area (Å²) in [5.41, 5.74) is 6.44. The number of hydrogen-bond acceptors (Lipinski definition) is 6. The van der Waals surface area contributed by atoms with Crippen molar-refractivity contribution in [2.75, 3.05) is 12.9 Å². The summed E-state index contributed by atoms with van der Waals surface area (Å²) in [5.74, 6) is -0.474. The van der Waals surface area contributed by atoms with Crippen molar-refractivity contribution in [1.29, 1.82) is 0 Å². The molecule has 1 aliphatic rings. The molecule has 142 valence electrons. The minimum absolute atomic E-state index is 0.00787. The number of hydrazine groups is 1. The highest BCUT2D eigenvalue weighted by molar-refractivity contribution is 7.99. The Bertz CT molecular complexity index is 912. The summed E-state index contributed by atoms with van der Waals surface area (Å²) >= 11 is 1.12. The van der Waals surface area contributed by atoms with Gasteiger partial charge in [-0.1, -0.05) is 23.9 Å². The molecular formula is C18H20N4O4S. The summed E-state index contributed by atoms with van der Waals surface area (Å²) in [5, 5.41) is 0.409. The van der Waals surface area contributed by atoms with Gasteiger partial charge in [0.25, 0.3) is 11.5 Å². The van der Waals surface area contributed by atoms with E-state index in [1.807, 2.05) is 0 Å². The highest BCUT2D eigenvalue weighted by Gasteiger charge is 2.16. The van der Waals surface area contributed by atoms with Crippen molar-refractivity contribution in [2.45, 2.75) is 30.8 Å². The number of carbonyl (C=O) groups is 2. The van der Waals surface area contributed by atoms with Gasteiger partial charge in [0, 0.05) is 5.56 Å². The van der Waals surface area contributed by atoms with E-state index in [1.54, 1.807) is 24.3 Å². The highest BCUT2D eigenvalue weighted by atomic mass is 32.2. The maximum atomic E-state index is 12.1. The molecule has 1 aromatic carbocycles. The number of amides is 2. The van der Waals surface area contributed by atoms with E-state index in [1.165, 1.54) is 7.11 Å². The summed E-state index contributed by atoms with van der Waals surface area (Å²) in [6.45, 7) is 0. The normalized spacial score (nSPS) is 12.8. The fourth-order valence-electron chi connectivity index (χ4n) is 2.84. The van der Waals surface area contributed by atoms with Crippen LogP contribution in [0, 0.1) is 0 Å². The molecule has 0 bridgehead atoms. The number of rotatable bonds is 5. The van der Waals surface area contributed by atoms with Gasteiger partial charge < -0.3 is 9.72 Å². The Kier molecular flexibility index (Phi) is 6.12. The SMILES string of the molecule is COc1ccccc1C(=O)NNC(=O)CSc1nc2c(c(=O)[nH]1)CCCC2. The Morgan fingerprint density at radius 3 is 2.81 bits per heavy atom. The standard InChI is InChI=1S/C18H20N4O4S/c1-26-14-9-5-3-7-12(14)17(25)22-21-15(23)10-27-18-19-13-8-4-2-6-11(13)16(24)20-18/h3,5,7,9H,2,4,6,8,10H2,1H3,(H,21,23)(H,22,25)(H,19,20,24). The summed E-state index contributed by atoms with van der Waals surface area (Å²) < 4.78 is 5.12. The quantitative estimate of drug-likeness (QED) is 0.403. The van der Waals surface area contributed by atoms with Crippen LogP contribution in [0.15, 0.2) is 34.2 Å². The Morgan fingerprint density at radius 2 is 2.00 bits per heavy atom. The lowest BCUT2D eigenvalue weighted by Gasteiger charge is -2.14. The molecule has 1 aromatic heterocycles. The van der Waals surface area contributed by atoms with Crippen LogP contribution in [0.3, 0.4) is 0 Å². The molecule has 27 heavy (non-hydrogen) atoms. The van der Waals surface area contributed by atoms with Crippen molar-refractivity contribution >= 4 is 23.6 Å². The van der Waals surface area contributed by atoms with E-state index >= 15 is 0 Å². The molecule has 0 radical (unpaired) electrons. The molecule has 1 aliphatic carbocycles. The monoisotopic (exact) mass is 388 g/mol. The number of nitrogens with one attached hydrogen (secondary N) is 3. The van der Waals surface area contributed by atoms with Crippen LogP contribution < -0.4 is 21.1 Å². The molecule has 0 atom stereocenters. The zero-order chi connectivity index (χ0) is 19.2. The summed E-state index contributed by atoms with van der Waals surface area (Å²) in [7, 11) is 1.47. The summed E-state index contributed by atoms with van der Waals surface area (Å²) in [6.07, 6.45) is 3.55. The molecule has 0 aliphatic heterocycles. The topological polar surface area (TPSA) is 113 Å². The summed E-state index contributed by atoms with van der Waals surface area (Å²) in [4.78, 5) is 43.3. The van der Waals surface area contributed by atoms with Gasteiger partial charge in [0.1, 0.15) is 5.75 Å². The van der Waals surface area contributed by atoms with Crippen molar-refractivity contribution in [3.05, 3.63) is 51.4 Å². The van der Waals surface area contributed by atoms with Gasteiger partial charge in [0.15, 0.2) is 5.16 Å². The molecule has 0 saturated heterocycles. The van der Waals surface area contributed by atoms with E-state index in [9.17, 15) is 14.4 Å². The van der Waals surface area contributed by atoms with Gasteiger partial charge in [0.05, 0.1) is 24.1 Å². The zero-order valence-electron chi connectivity index (χ0n) is 14.8. The Morgan fingerprint density at radius 1 is 1.22 bits per heavy atom. The van der Waals surface area contributed by atoms with Gasteiger partial charge >= 0.3 is 0 Å². The molecule has 0 spiro atoms. The average molecular weight is 388 g/mol. The zero-order valence-corrected chi connectivity index (χ0v) is 15.6. The number of aromatic nitrogens is 2. The first-order chi connectivity index (χ1) is 13.1. The number of H-pyrrole nitrogens is 1. The third-order valence-electron chi connectivity index (χ3n) is 4.18. The van der Waals surface area contributed by atoms with E-state index in [2.05, 4.69) is 20.8 Å². The molecule has 0 saturated carbocycles. The predicted molar refractivity (Wildman–Crippen MR) is 101 cm³/mol. The number of ether oxygens (including phenoxy) is 1. The first-order valence-corrected chi connectivity index (χ1v) is 9.54. The first kappa shape index (κ1) is 19.0. The minimum atomic E-state index is -0.480. The number of benzene rings is 1. The fraction of sp³-hybridized carbons (Fsp3) is 0.333. The van der Waals surface area contributed by atoms with Gasteiger partial charge in [-0.3, -0.25) is 25.2 Å². The number of thioether (sulfide) groups is 1. The highest BCUT2D eigenvalue weighted by Crippen LogP contribution is 2.19. The number of para-hydroxylation sites is 1. The first-order valence-electron chi connectivity index (χ1n) is 8.55. The maximum absolute atomic E-state index is 12.1. The second kappa shape index (κ2) is 8.72. The van der Waals surface area contributed by atoms with Crippen LogP contribution in [0.5, 0.6) is 5.75 Å². The van der Waals surface area contributed by atoms with Gasteiger partial charge in [-0.25, -0.2) is 4.98 Å². The Labute approximate surface area is 160 Å². The number of hydrogen-bond donors (Lipinski definition) is 3. The molecular weight excluding hydrogens is 368 g/mol. The third kappa shape index (κ3) is 4.68. The molecule has 1 heterocycles. The largest absolute Gasteiger partial charge is 0.496 e. The predicted octanol–water partition coefficient (Wildman–Crippen LogP) is 1.21. The van der Waals surface area contributed by atoms with Crippen LogP contribution in [0.25, 0.3) is 0 Å². The van der Waals surface area contributed by atoms with Crippen molar-refractivity contribution < 1.29 is 14.3 Å². The number of carbonyl (C=O) groups excluding carboxylic acids is 2. The van der Waals surface area contributed by atoms with Crippen LogP contribution >= 0.6 is 11.8 Å². The fourth-order valence-corrected chi connectivity index (χ4v) is 3.52. The van der Waals surface area contributed by atoms with E-state index in [-0.39, 0.29) is 11.3 Å². The molecule has 3 rings (SSSR count). The molecule has 9 heteroatoms. The molecule has 3 N–H and O–H groups in total. The smallest absolute Gasteiger partial charge is 0.273 e. The van der Waals surface area contributed by atoms with Gasteiger partial charge in [-0.15, -0.1) is 0 Å². The van der Waals surface area contributed by atoms with Gasteiger partial charge in [0.2, 0.25) is 5.91 Å². The molecule has 2 aromatic rings. The lowest BCUT2D eigenvalue weighted by Crippen LogP contribution is -2.42. The van der Waals surface area contributed by atoms with Gasteiger partial charge in [-0.05, 0) is 37.8 Å². The lowest BCUT2D eigenvalue weighted by molar-refractivity contribution is -0.119. The van der Waals surface area contributed by atoms with E-state index in [0.717, 1.165) is 48.7 Å². The number of aryl methyl sites for hydroxylation is 1. The molecule has 0 fully saturated rings. The Hall–Kier alpha value is -2.81. The molecule has 2 amide bonds. The number of fused-ring (bicyclic) bond motifs is 1. The maximum Gasteiger partial charge on any atom is 0.273 e. The molecule has 8 nitrogen and oxygen atoms in total. The summed E-state index contributed by atoms with van der Waals surface area (Å²) in [6, 6.07) is 6.70.